The number of nitrogens with zero attached hydrogens (tertiary/aromatic N) is 2. The number of pyridine rings is 2. The highest BCUT2D eigenvalue weighted by Crippen LogP contribution is 2.29. The van der Waals surface area contributed by atoms with Crippen molar-refractivity contribution < 1.29 is 0 Å². The lowest BCUT2D eigenvalue weighted by molar-refractivity contribution is 1.01. The summed E-state index contributed by atoms with van der Waals surface area (Å²) < 4.78 is 0. The molecule has 3 rings (SSSR count). The number of aryl methyl sites for hydroxylation is 1. The van der Waals surface area contributed by atoms with Gasteiger partial charge in [0.05, 0.1) is 5.69 Å². The molecule has 3 aromatic rings. The van der Waals surface area contributed by atoms with Crippen LogP contribution in [-0.2, 0) is 6.54 Å². The van der Waals surface area contributed by atoms with Gasteiger partial charge in [-0.3, -0.25) is 9.97 Å². The zero-order chi connectivity index (χ0) is 13.2. The summed E-state index contributed by atoms with van der Waals surface area (Å²) in [5.41, 5.74) is 10.1. The van der Waals surface area contributed by atoms with Crippen LogP contribution in [0.4, 0.5) is 0 Å². The van der Waals surface area contributed by atoms with Crippen molar-refractivity contribution in [2.45, 2.75) is 13.5 Å². The molecule has 94 valence electrons. The molecule has 0 aliphatic rings. The molecule has 2 aromatic heterocycles. The van der Waals surface area contributed by atoms with E-state index in [0.717, 1.165) is 22.2 Å². The quantitative estimate of drug-likeness (QED) is 0.759. The van der Waals surface area contributed by atoms with Gasteiger partial charge in [0, 0.05) is 41.6 Å². The van der Waals surface area contributed by atoms with Crippen molar-refractivity contribution in [1.29, 1.82) is 0 Å². The van der Waals surface area contributed by atoms with E-state index in [1.807, 2.05) is 24.5 Å². The van der Waals surface area contributed by atoms with Gasteiger partial charge in [0.25, 0.3) is 0 Å². The molecule has 0 unspecified atom stereocenters. The van der Waals surface area contributed by atoms with Gasteiger partial charge >= 0.3 is 0 Å². The molecule has 0 bridgehead atoms. The van der Waals surface area contributed by atoms with Gasteiger partial charge in [-0.15, -0.1) is 0 Å². The molecule has 0 radical (unpaired) electrons. The van der Waals surface area contributed by atoms with Crippen molar-refractivity contribution >= 4 is 10.8 Å². The highest BCUT2D eigenvalue weighted by molar-refractivity contribution is 5.97. The second-order valence-electron chi connectivity index (χ2n) is 4.61. The fourth-order valence-electron chi connectivity index (χ4n) is 2.33. The Labute approximate surface area is 112 Å². The van der Waals surface area contributed by atoms with Crippen LogP contribution in [-0.4, -0.2) is 9.97 Å². The molecule has 0 aliphatic heterocycles. The Morgan fingerprint density at radius 3 is 2.74 bits per heavy atom. The summed E-state index contributed by atoms with van der Waals surface area (Å²) in [5, 5.41) is 2.30. The maximum atomic E-state index is 5.77. The van der Waals surface area contributed by atoms with Gasteiger partial charge in [-0.05, 0) is 18.4 Å². The number of benzene rings is 1. The van der Waals surface area contributed by atoms with Gasteiger partial charge in [0.2, 0.25) is 0 Å². The van der Waals surface area contributed by atoms with Crippen LogP contribution in [0.3, 0.4) is 0 Å². The predicted octanol–water partition coefficient (Wildman–Crippen LogP) is 3.06. The van der Waals surface area contributed by atoms with Crippen LogP contribution in [0.15, 0.2) is 48.9 Å². The lowest BCUT2D eigenvalue weighted by Gasteiger charge is -2.10. The molecule has 0 saturated heterocycles. The molecule has 2 N–H and O–H groups in total. The fourth-order valence-corrected chi connectivity index (χ4v) is 2.33. The third kappa shape index (κ3) is 2.09. The molecule has 0 amide bonds. The maximum absolute atomic E-state index is 5.77. The van der Waals surface area contributed by atoms with Crippen molar-refractivity contribution in [2.75, 3.05) is 0 Å². The first-order valence-electron chi connectivity index (χ1n) is 6.28. The number of nitrogens with two attached hydrogens (primary N) is 1. The van der Waals surface area contributed by atoms with Crippen molar-refractivity contribution in [3.8, 4) is 11.1 Å². The lowest BCUT2D eigenvalue weighted by Crippen LogP contribution is -2.01. The first-order valence-corrected chi connectivity index (χ1v) is 6.28. The SMILES string of the molecule is Cc1ccc2c(CN)ncc(-c3cccnc3)c2c1. The molecule has 0 aliphatic carbocycles. The van der Waals surface area contributed by atoms with Crippen molar-refractivity contribution in [3.63, 3.8) is 0 Å². The number of rotatable bonds is 2. The van der Waals surface area contributed by atoms with Crippen LogP contribution in [0.25, 0.3) is 21.9 Å². The second kappa shape index (κ2) is 4.78. The van der Waals surface area contributed by atoms with Crippen molar-refractivity contribution in [3.05, 3.63) is 60.2 Å². The van der Waals surface area contributed by atoms with E-state index in [2.05, 4.69) is 35.1 Å². The van der Waals surface area contributed by atoms with E-state index < -0.39 is 0 Å². The zero-order valence-electron chi connectivity index (χ0n) is 10.8. The Balaban J connectivity index is 2.35. The van der Waals surface area contributed by atoms with E-state index in [1.54, 1.807) is 6.20 Å². The van der Waals surface area contributed by atoms with Crippen LogP contribution in [0.5, 0.6) is 0 Å². The molecule has 0 saturated carbocycles. The zero-order valence-corrected chi connectivity index (χ0v) is 10.8. The smallest absolute Gasteiger partial charge is 0.0618 e. The summed E-state index contributed by atoms with van der Waals surface area (Å²) in [6.07, 6.45) is 5.53. The predicted molar refractivity (Wildman–Crippen MR) is 77.6 cm³/mol. The third-order valence-electron chi connectivity index (χ3n) is 3.29. The minimum atomic E-state index is 0.451. The summed E-state index contributed by atoms with van der Waals surface area (Å²) in [6, 6.07) is 10.4. The molecular formula is C16H15N3. The first-order chi connectivity index (χ1) is 9.29. The van der Waals surface area contributed by atoms with E-state index in [1.165, 1.54) is 10.9 Å². The van der Waals surface area contributed by atoms with Crippen LogP contribution in [0.2, 0.25) is 0 Å². The monoisotopic (exact) mass is 249 g/mol. The summed E-state index contributed by atoms with van der Waals surface area (Å²) in [6.45, 7) is 2.54. The summed E-state index contributed by atoms with van der Waals surface area (Å²) in [7, 11) is 0. The minimum Gasteiger partial charge on any atom is -0.325 e. The molecule has 2 heterocycles. The highest BCUT2D eigenvalue weighted by atomic mass is 14.7. The Morgan fingerprint density at radius 1 is 1.11 bits per heavy atom. The van der Waals surface area contributed by atoms with Gasteiger partial charge in [-0.2, -0.15) is 0 Å². The molecule has 3 heteroatoms. The average Bonchev–Trinajstić information content (AvgIpc) is 2.46. The van der Waals surface area contributed by atoms with Crippen LogP contribution < -0.4 is 5.73 Å². The molecule has 1 aromatic carbocycles. The normalized spacial score (nSPS) is 10.8. The summed E-state index contributed by atoms with van der Waals surface area (Å²) >= 11 is 0. The van der Waals surface area contributed by atoms with E-state index in [0.29, 0.717) is 6.54 Å². The Bertz CT molecular complexity index is 721. The van der Waals surface area contributed by atoms with Gasteiger partial charge < -0.3 is 5.73 Å². The topological polar surface area (TPSA) is 51.8 Å². The van der Waals surface area contributed by atoms with E-state index in [-0.39, 0.29) is 0 Å². The first kappa shape index (κ1) is 11.8. The highest BCUT2D eigenvalue weighted by Gasteiger charge is 2.08. The number of aromatic nitrogens is 2. The Kier molecular flexibility index (Phi) is 2.97. The van der Waals surface area contributed by atoms with E-state index in [9.17, 15) is 0 Å². The van der Waals surface area contributed by atoms with Crippen molar-refractivity contribution in [1.82, 2.24) is 9.97 Å². The molecule has 0 atom stereocenters. The molecule has 3 nitrogen and oxygen atoms in total. The summed E-state index contributed by atoms with van der Waals surface area (Å²) in [4.78, 5) is 8.66. The van der Waals surface area contributed by atoms with E-state index in [4.69, 9.17) is 5.73 Å². The Morgan fingerprint density at radius 2 is 2.00 bits per heavy atom. The van der Waals surface area contributed by atoms with Crippen LogP contribution >= 0.6 is 0 Å². The third-order valence-corrected chi connectivity index (χ3v) is 3.29. The Hall–Kier alpha value is -2.26. The summed E-state index contributed by atoms with van der Waals surface area (Å²) in [5.74, 6) is 0. The van der Waals surface area contributed by atoms with Gasteiger partial charge in [0.1, 0.15) is 0 Å². The van der Waals surface area contributed by atoms with E-state index >= 15 is 0 Å². The molecular weight excluding hydrogens is 234 g/mol. The number of fused-ring (bicyclic) bond motifs is 1. The lowest BCUT2D eigenvalue weighted by atomic mass is 9.99. The van der Waals surface area contributed by atoms with Gasteiger partial charge in [-0.1, -0.05) is 29.8 Å². The fraction of sp³-hybridized carbons (Fsp3) is 0.125. The average molecular weight is 249 g/mol. The number of hydrogen-bond acceptors (Lipinski definition) is 3. The molecule has 0 spiro atoms. The molecule has 19 heavy (non-hydrogen) atoms. The largest absolute Gasteiger partial charge is 0.325 e. The second-order valence-corrected chi connectivity index (χ2v) is 4.61. The number of hydrogen-bond donors (Lipinski definition) is 1. The maximum Gasteiger partial charge on any atom is 0.0618 e. The standard InChI is InChI=1S/C16H15N3/c1-11-4-5-13-14(7-11)15(10-19-16(13)8-17)12-3-2-6-18-9-12/h2-7,9-10H,8,17H2,1H3. The van der Waals surface area contributed by atoms with Gasteiger partial charge in [-0.25, -0.2) is 0 Å². The van der Waals surface area contributed by atoms with Crippen LogP contribution in [0.1, 0.15) is 11.3 Å². The van der Waals surface area contributed by atoms with Crippen molar-refractivity contribution in [2.24, 2.45) is 5.73 Å². The van der Waals surface area contributed by atoms with Gasteiger partial charge in [0.15, 0.2) is 0 Å². The van der Waals surface area contributed by atoms with Crippen LogP contribution in [0, 0.1) is 6.92 Å². The minimum absolute atomic E-state index is 0.451. The molecule has 0 fully saturated rings.